The lowest BCUT2D eigenvalue weighted by atomic mass is 9.74. The zero-order valence-corrected chi connectivity index (χ0v) is 10.6. The Morgan fingerprint density at radius 1 is 1.38 bits per heavy atom. The maximum atomic E-state index is 4.65. The van der Waals surface area contributed by atoms with Gasteiger partial charge in [0.05, 0.1) is 0 Å². The van der Waals surface area contributed by atoms with Crippen LogP contribution in [0, 0.1) is 5.92 Å². The zero-order chi connectivity index (χ0) is 11.1. The van der Waals surface area contributed by atoms with E-state index in [1.54, 1.807) is 11.5 Å². The maximum Gasteiger partial charge on any atom is 0.236 e. The summed E-state index contributed by atoms with van der Waals surface area (Å²) in [7, 11) is 3.99. The second-order valence-electron chi connectivity index (χ2n) is 5.13. The van der Waals surface area contributed by atoms with Crippen molar-refractivity contribution in [2.75, 3.05) is 25.5 Å². The molecule has 3 fully saturated rings. The van der Waals surface area contributed by atoms with E-state index in [9.17, 15) is 0 Å². The third-order valence-electron chi connectivity index (χ3n) is 3.78. The predicted molar refractivity (Wildman–Crippen MR) is 66.1 cm³/mol. The van der Waals surface area contributed by atoms with Gasteiger partial charge in [-0.3, -0.25) is 0 Å². The molecule has 88 valence electrons. The Kier molecular flexibility index (Phi) is 2.59. The summed E-state index contributed by atoms with van der Waals surface area (Å²) in [5.74, 6) is 2.34. The van der Waals surface area contributed by atoms with E-state index < -0.39 is 0 Å². The van der Waals surface area contributed by atoms with Crippen molar-refractivity contribution >= 4 is 17.5 Å². The van der Waals surface area contributed by atoms with Gasteiger partial charge in [0.2, 0.25) is 5.95 Å². The molecule has 2 bridgehead atoms. The minimum Gasteiger partial charge on any atom is -0.346 e. The number of hydrogen-bond donors (Lipinski definition) is 1. The monoisotopic (exact) mass is 238 g/mol. The van der Waals surface area contributed by atoms with Gasteiger partial charge in [0, 0.05) is 26.1 Å². The number of rotatable bonds is 2. The SMILES string of the molecule is CN(C)c1nsc(C2CC3CCC2NC3)n1. The van der Waals surface area contributed by atoms with Gasteiger partial charge in [0.1, 0.15) is 5.01 Å². The molecule has 16 heavy (non-hydrogen) atoms. The maximum absolute atomic E-state index is 4.65. The van der Waals surface area contributed by atoms with Gasteiger partial charge in [0.15, 0.2) is 0 Å². The van der Waals surface area contributed by atoms with Gasteiger partial charge in [0.25, 0.3) is 0 Å². The van der Waals surface area contributed by atoms with Gasteiger partial charge in [-0.2, -0.15) is 4.37 Å². The topological polar surface area (TPSA) is 41.1 Å². The van der Waals surface area contributed by atoms with Crippen molar-refractivity contribution in [1.29, 1.82) is 0 Å². The standard InChI is InChI=1S/C11H18N4S/c1-15(2)11-13-10(16-14-11)8-5-7-3-4-9(8)12-6-7/h7-9,12H,3-6H2,1-2H3. The van der Waals surface area contributed by atoms with Crippen LogP contribution in [0.15, 0.2) is 0 Å². The minimum atomic E-state index is 0.610. The number of piperidine rings is 2. The fourth-order valence-corrected chi connectivity index (χ4v) is 3.74. The Labute approximate surface area is 100 Å². The Balaban J connectivity index is 1.81. The first-order valence-electron chi connectivity index (χ1n) is 5.98. The summed E-state index contributed by atoms with van der Waals surface area (Å²) in [6.07, 6.45) is 4.01. The Bertz CT molecular complexity index is 368. The van der Waals surface area contributed by atoms with Gasteiger partial charge < -0.3 is 10.2 Å². The first-order valence-corrected chi connectivity index (χ1v) is 6.75. The number of hydrogen-bond acceptors (Lipinski definition) is 5. The molecule has 0 amide bonds. The number of nitrogens with one attached hydrogen (secondary N) is 1. The second-order valence-corrected chi connectivity index (χ2v) is 5.91. The van der Waals surface area contributed by atoms with Crippen LogP contribution in [0.4, 0.5) is 5.95 Å². The van der Waals surface area contributed by atoms with E-state index >= 15 is 0 Å². The highest BCUT2D eigenvalue weighted by molar-refractivity contribution is 7.05. The molecule has 3 aliphatic rings. The molecule has 5 heteroatoms. The quantitative estimate of drug-likeness (QED) is 0.847. The highest BCUT2D eigenvalue weighted by Gasteiger charge is 2.37. The Morgan fingerprint density at radius 3 is 2.75 bits per heavy atom. The smallest absolute Gasteiger partial charge is 0.236 e. The highest BCUT2D eigenvalue weighted by atomic mass is 32.1. The molecule has 4 rings (SSSR count). The van der Waals surface area contributed by atoms with E-state index in [0.717, 1.165) is 11.9 Å². The molecular formula is C11H18N4S. The van der Waals surface area contributed by atoms with Gasteiger partial charge in [-0.1, -0.05) is 0 Å². The lowest BCUT2D eigenvalue weighted by Crippen LogP contribution is -2.48. The van der Waals surface area contributed by atoms with E-state index in [1.165, 1.54) is 30.8 Å². The molecule has 0 spiro atoms. The Hall–Kier alpha value is -0.680. The molecule has 2 saturated heterocycles. The number of nitrogens with zero attached hydrogens (tertiary/aromatic N) is 3. The first kappa shape index (κ1) is 10.5. The summed E-state index contributed by atoms with van der Waals surface area (Å²) in [6, 6.07) is 0.646. The summed E-state index contributed by atoms with van der Waals surface area (Å²) in [4.78, 5) is 6.63. The molecule has 2 aliphatic heterocycles. The van der Waals surface area contributed by atoms with Crippen molar-refractivity contribution in [3.8, 4) is 0 Å². The molecule has 1 aromatic rings. The van der Waals surface area contributed by atoms with E-state index in [-0.39, 0.29) is 0 Å². The molecule has 1 aliphatic carbocycles. The molecule has 1 N–H and O–H groups in total. The van der Waals surface area contributed by atoms with Crippen molar-refractivity contribution in [2.24, 2.45) is 5.92 Å². The van der Waals surface area contributed by atoms with Crippen LogP contribution in [0.5, 0.6) is 0 Å². The van der Waals surface area contributed by atoms with E-state index in [2.05, 4.69) is 14.7 Å². The largest absolute Gasteiger partial charge is 0.346 e. The lowest BCUT2D eigenvalue weighted by molar-refractivity contribution is 0.183. The van der Waals surface area contributed by atoms with E-state index in [0.29, 0.717) is 12.0 Å². The summed E-state index contributed by atoms with van der Waals surface area (Å²) < 4.78 is 4.40. The van der Waals surface area contributed by atoms with Gasteiger partial charge in [-0.15, -0.1) is 0 Å². The third-order valence-corrected chi connectivity index (χ3v) is 4.61. The summed E-state index contributed by atoms with van der Waals surface area (Å²) in [5, 5.41) is 4.86. The molecule has 0 aromatic carbocycles. The van der Waals surface area contributed by atoms with Crippen LogP contribution in [0.25, 0.3) is 0 Å². The fraction of sp³-hybridized carbons (Fsp3) is 0.818. The van der Waals surface area contributed by atoms with Crippen molar-refractivity contribution in [3.63, 3.8) is 0 Å². The zero-order valence-electron chi connectivity index (χ0n) is 9.81. The highest BCUT2D eigenvalue weighted by Crippen LogP contribution is 2.40. The van der Waals surface area contributed by atoms with Gasteiger partial charge in [-0.25, -0.2) is 4.98 Å². The average molecular weight is 238 g/mol. The summed E-state index contributed by atoms with van der Waals surface area (Å²) >= 11 is 1.58. The van der Waals surface area contributed by atoms with Crippen LogP contribution < -0.4 is 10.2 Å². The summed E-state index contributed by atoms with van der Waals surface area (Å²) in [6.45, 7) is 1.21. The van der Waals surface area contributed by atoms with Gasteiger partial charge in [-0.05, 0) is 43.3 Å². The molecule has 3 heterocycles. The molecule has 4 nitrogen and oxygen atoms in total. The molecule has 3 atom stereocenters. The molecule has 1 saturated carbocycles. The number of fused-ring (bicyclic) bond motifs is 3. The lowest BCUT2D eigenvalue weighted by Gasteiger charge is -2.42. The Morgan fingerprint density at radius 2 is 2.25 bits per heavy atom. The van der Waals surface area contributed by atoms with Crippen LogP contribution in [-0.4, -0.2) is 36.0 Å². The van der Waals surface area contributed by atoms with Crippen molar-refractivity contribution in [2.45, 2.75) is 31.2 Å². The van der Waals surface area contributed by atoms with Crippen LogP contribution in [0.2, 0.25) is 0 Å². The second kappa shape index (κ2) is 3.96. The molecule has 0 radical (unpaired) electrons. The fourth-order valence-electron chi connectivity index (χ4n) is 2.84. The van der Waals surface area contributed by atoms with Crippen LogP contribution >= 0.6 is 11.5 Å². The summed E-state index contributed by atoms with van der Waals surface area (Å²) in [5.41, 5.74) is 0. The third kappa shape index (κ3) is 1.72. The van der Waals surface area contributed by atoms with Gasteiger partial charge >= 0.3 is 0 Å². The van der Waals surface area contributed by atoms with Crippen LogP contribution in [0.3, 0.4) is 0 Å². The molecule has 3 unspecified atom stereocenters. The van der Waals surface area contributed by atoms with Crippen LogP contribution in [-0.2, 0) is 0 Å². The molecule has 1 aromatic heterocycles. The normalized spacial score (nSPS) is 33.0. The van der Waals surface area contributed by atoms with Crippen molar-refractivity contribution in [3.05, 3.63) is 5.01 Å². The average Bonchev–Trinajstić information content (AvgIpc) is 2.80. The van der Waals surface area contributed by atoms with Crippen molar-refractivity contribution in [1.82, 2.24) is 14.7 Å². The number of anilines is 1. The van der Waals surface area contributed by atoms with E-state index in [1.807, 2.05) is 19.0 Å². The van der Waals surface area contributed by atoms with E-state index in [4.69, 9.17) is 0 Å². The first-order chi connectivity index (χ1) is 7.74. The minimum absolute atomic E-state index is 0.610. The predicted octanol–water partition coefficient (Wildman–Crippen LogP) is 1.46. The van der Waals surface area contributed by atoms with Crippen LogP contribution in [0.1, 0.15) is 30.2 Å². The number of aromatic nitrogens is 2. The van der Waals surface area contributed by atoms with Crippen molar-refractivity contribution < 1.29 is 0 Å². The molecular weight excluding hydrogens is 220 g/mol.